The first-order valence-corrected chi connectivity index (χ1v) is 11.3. The fraction of sp³-hybridized carbons (Fsp3) is 0.192. The van der Waals surface area contributed by atoms with Gasteiger partial charge in [0.1, 0.15) is 5.82 Å². The number of benzene rings is 1. The van der Waals surface area contributed by atoms with E-state index in [1.165, 1.54) is 6.07 Å². The monoisotopic (exact) mass is 457 g/mol. The number of nitrogens with zero attached hydrogens (tertiary/aromatic N) is 4. The zero-order valence-corrected chi connectivity index (χ0v) is 19.3. The molecule has 4 heterocycles. The van der Waals surface area contributed by atoms with E-state index in [1.807, 2.05) is 43.3 Å². The fourth-order valence-corrected chi connectivity index (χ4v) is 5.00. The van der Waals surface area contributed by atoms with Crippen LogP contribution in [0.2, 0.25) is 0 Å². The average Bonchev–Trinajstić information content (AvgIpc) is 3.30. The highest BCUT2D eigenvalue weighted by Gasteiger charge is 2.41. The molecule has 0 spiro atoms. The quantitative estimate of drug-likeness (QED) is 0.418. The average molecular weight is 458 g/mol. The summed E-state index contributed by atoms with van der Waals surface area (Å²) in [6, 6.07) is 18.6. The van der Waals surface area contributed by atoms with Crippen LogP contribution in [0.3, 0.4) is 0 Å². The number of hydrogen-bond donors (Lipinski definition) is 1. The van der Waals surface area contributed by atoms with Gasteiger partial charge in [0.2, 0.25) is 0 Å². The molecule has 1 N–H and O–H groups in total. The standard InChI is InChI=1S/C26H24FN5S/c1-17-14-22(18(2)32(17)21-7-5-6-20(27)15-21)25-24(23-8-3-4-11-29-23)30-26(33)31(25)16-19-9-12-28-13-10-19/h3-15,24-25H,16H2,1-2H3,(H,30,33)/t24-,25-/m1/s1. The van der Waals surface area contributed by atoms with Crippen LogP contribution in [-0.4, -0.2) is 24.5 Å². The third-order valence-electron chi connectivity index (χ3n) is 6.16. The van der Waals surface area contributed by atoms with Crippen LogP contribution in [0.25, 0.3) is 5.69 Å². The van der Waals surface area contributed by atoms with Gasteiger partial charge < -0.3 is 14.8 Å². The first-order valence-electron chi connectivity index (χ1n) is 10.8. The van der Waals surface area contributed by atoms with Crippen LogP contribution in [0.5, 0.6) is 0 Å². The van der Waals surface area contributed by atoms with Crippen molar-refractivity contribution in [3.05, 3.63) is 113 Å². The Balaban J connectivity index is 1.62. The van der Waals surface area contributed by atoms with Gasteiger partial charge in [-0.15, -0.1) is 0 Å². The van der Waals surface area contributed by atoms with Crippen molar-refractivity contribution in [1.82, 2.24) is 24.8 Å². The predicted molar refractivity (Wildman–Crippen MR) is 130 cm³/mol. The first kappa shape index (κ1) is 21.3. The van der Waals surface area contributed by atoms with Crippen LogP contribution in [0.1, 0.15) is 40.3 Å². The Labute approximate surface area is 197 Å². The highest BCUT2D eigenvalue weighted by Crippen LogP contribution is 2.42. The van der Waals surface area contributed by atoms with E-state index >= 15 is 0 Å². The van der Waals surface area contributed by atoms with Gasteiger partial charge in [-0.25, -0.2) is 4.39 Å². The molecule has 0 bridgehead atoms. The molecule has 166 valence electrons. The van der Waals surface area contributed by atoms with Crippen molar-refractivity contribution in [2.45, 2.75) is 32.5 Å². The zero-order chi connectivity index (χ0) is 22.9. The SMILES string of the molecule is Cc1cc([C@@H]2[C@@H](c3ccccn3)NC(=S)N2Cc2ccncc2)c(C)n1-c1cccc(F)c1. The number of nitrogens with one attached hydrogen (secondary N) is 1. The Morgan fingerprint density at radius 3 is 2.55 bits per heavy atom. The molecule has 0 aliphatic carbocycles. The lowest BCUT2D eigenvalue weighted by molar-refractivity contribution is 0.310. The van der Waals surface area contributed by atoms with Crippen LogP contribution >= 0.6 is 12.2 Å². The molecule has 0 radical (unpaired) electrons. The molecule has 0 saturated carbocycles. The largest absolute Gasteiger partial charge is 0.352 e. The van der Waals surface area contributed by atoms with E-state index in [9.17, 15) is 4.39 Å². The molecule has 1 saturated heterocycles. The van der Waals surface area contributed by atoms with Crippen LogP contribution in [0.15, 0.2) is 79.3 Å². The minimum Gasteiger partial charge on any atom is -0.352 e. The van der Waals surface area contributed by atoms with E-state index in [-0.39, 0.29) is 17.9 Å². The topological polar surface area (TPSA) is 46.0 Å². The van der Waals surface area contributed by atoms with Crippen molar-refractivity contribution < 1.29 is 4.39 Å². The second-order valence-electron chi connectivity index (χ2n) is 8.25. The van der Waals surface area contributed by atoms with Gasteiger partial charge in [-0.05, 0) is 85.7 Å². The summed E-state index contributed by atoms with van der Waals surface area (Å²) >= 11 is 5.80. The number of aromatic nitrogens is 3. The molecule has 1 aliphatic rings. The molecular formula is C26H24FN5S. The summed E-state index contributed by atoms with van der Waals surface area (Å²) in [6.45, 7) is 4.77. The van der Waals surface area contributed by atoms with Crippen molar-refractivity contribution in [2.24, 2.45) is 0 Å². The lowest BCUT2D eigenvalue weighted by Crippen LogP contribution is -2.29. The van der Waals surface area contributed by atoms with Crippen molar-refractivity contribution in [2.75, 3.05) is 0 Å². The second-order valence-corrected chi connectivity index (χ2v) is 8.64. The van der Waals surface area contributed by atoms with E-state index in [2.05, 4.69) is 37.7 Å². The van der Waals surface area contributed by atoms with Crippen LogP contribution < -0.4 is 5.32 Å². The number of thiocarbonyl (C=S) groups is 1. The van der Waals surface area contributed by atoms with Gasteiger partial charge in [0.25, 0.3) is 0 Å². The van der Waals surface area contributed by atoms with Gasteiger partial charge in [-0.1, -0.05) is 12.1 Å². The molecule has 0 unspecified atom stereocenters. The molecule has 5 rings (SSSR count). The summed E-state index contributed by atoms with van der Waals surface area (Å²) in [7, 11) is 0. The van der Waals surface area contributed by atoms with E-state index in [1.54, 1.807) is 30.7 Å². The molecule has 33 heavy (non-hydrogen) atoms. The smallest absolute Gasteiger partial charge is 0.170 e. The molecule has 2 atom stereocenters. The van der Waals surface area contributed by atoms with E-state index in [4.69, 9.17) is 12.2 Å². The summed E-state index contributed by atoms with van der Waals surface area (Å²) in [4.78, 5) is 11.0. The molecule has 3 aromatic heterocycles. The van der Waals surface area contributed by atoms with Gasteiger partial charge >= 0.3 is 0 Å². The number of rotatable bonds is 5. The van der Waals surface area contributed by atoms with Gasteiger partial charge in [-0.3, -0.25) is 9.97 Å². The lowest BCUT2D eigenvalue weighted by atomic mass is 9.96. The molecule has 1 aliphatic heterocycles. The van der Waals surface area contributed by atoms with Gasteiger partial charge in [0.15, 0.2) is 5.11 Å². The Bertz CT molecular complexity index is 1290. The third kappa shape index (κ3) is 4.00. The molecule has 1 fully saturated rings. The maximum absolute atomic E-state index is 14.0. The highest BCUT2D eigenvalue weighted by atomic mass is 32.1. The highest BCUT2D eigenvalue weighted by molar-refractivity contribution is 7.80. The Hall–Kier alpha value is -3.58. The maximum atomic E-state index is 14.0. The Morgan fingerprint density at radius 2 is 1.82 bits per heavy atom. The molecule has 1 aromatic carbocycles. The molecule has 7 heteroatoms. The predicted octanol–water partition coefficient (Wildman–Crippen LogP) is 5.20. The zero-order valence-electron chi connectivity index (χ0n) is 18.4. The maximum Gasteiger partial charge on any atom is 0.170 e. The first-order chi connectivity index (χ1) is 16.0. The summed E-state index contributed by atoms with van der Waals surface area (Å²) in [5, 5.41) is 4.19. The molecule has 5 nitrogen and oxygen atoms in total. The van der Waals surface area contributed by atoms with Crippen LogP contribution in [-0.2, 0) is 6.54 Å². The van der Waals surface area contributed by atoms with Gasteiger partial charge in [0.05, 0.1) is 17.8 Å². The summed E-state index contributed by atoms with van der Waals surface area (Å²) < 4.78 is 16.1. The molecular weight excluding hydrogens is 433 g/mol. The minimum atomic E-state index is -0.254. The summed E-state index contributed by atoms with van der Waals surface area (Å²) in [5.41, 5.74) is 6.08. The van der Waals surface area contributed by atoms with Crippen molar-refractivity contribution in [1.29, 1.82) is 0 Å². The minimum absolute atomic E-state index is 0.0749. The van der Waals surface area contributed by atoms with Crippen LogP contribution in [0.4, 0.5) is 4.39 Å². The van der Waals surface area contributed by atoms with E-state index in [0.717, 1.165) is 33.9 Å². The third-order valence-corrected chi connectivity index (χ3v) is 6.51. The van der Waals surface area contributed by atoms with Crippen LogP contribution in [0, 0.1) is 19.7 Å². The Kier molecular flexibility index (Phi) is 5.64. The van der Waals surface area contributed by atoms with Gasteiger partial charge in [0, 0.05) is 42.2 Å². The molecule has 4 aromatic rings. The van der Waals surface area contributed by atoms with Crippen molar-refractivity contribution >= 4 is 17.3 Å². The number of hydrogen-bond acceptors (Lipinski definition) is 3. The summed E-state index contributed by atoms with van der Waals surface area (Å²) in [6.07, 6.45) is 5.39. The molecule has 0 amide bonds. The fourth-order valence-electron chi connectivity index (χ4n) is 4.70. The number of aryl methyl sites for hydroxylation is 1. The van der Waals surface area contributed by atoms with Crippen molar-refractivity contribution in [3.8, 4) is 5.69 Å². The van der Waals surface area contributed by atoms with Crippen molar-refractivity contribution in [3.63, 3.8) is 0 Å². The Morgan fingerprint density at radius 1 is 1.00 bits per heavy atom. The summed E-state index contributed by atoms with van der Waals surface area (Å²) in [5.74, 6) is -0.254. The normalized spacial score (nSPS) is 17.9. The van der Waals surface area contributed by atoms with Gasteiger partial charge in [-0.2, -0.15) is 0 Å². The van der Waals surface area contributed by atoms with E-state index < -0.39 is 0 Å². The second kappa shape index (κ2) is 8.75. The number of halogens is 1. The number of pyridine rings is 2. The van der Waals surface area contributed by atoms with E-state index in [0.29, 0.717) is 11.7 Å². The lowest BCUT2D eigenvalue weighted by Gasteiger charge is -2.28.